The van der Waals surface area contributed by atoms with Crippen molar-refractivity contribution in [1.29, 1.82) is 0 Å². The SMILES string of the molecule is COCO[C@@H]1C[C@@H](CO[Si](C)(C)C(C)(C)C)O[C@@H](c2ccccc2)C1. The second-order valence-electron chi connectivity index (χ2n) is 8.40. The van der Waals surface area contributed by atoms with Crippen LogP contribution in [0.4, 0.5) is 0 Å². The number of ether oxygens (including phenoxy) is 3. The highest BCUT2D eigenvalue weighted by atomic mass is 28.4. The summed E-state index contributed by atoms with van der Waals surface area (Å²) >= 11 is 0. The molecule has 2 rings (SSSR count). The summed E-state index contributed by atoms with van der Waals surface area (Å²) in [4.78, 5) is 0. The maximum atomic E-state index is 6.40. The van der Waals surface area contributed by atoms with Gasteiger partial charge in [-0.25, -0.2) is 0 Å². The molecule has 0 saturated carbocycles. The summed E-state index contributed by atoms with van der Waals surface area (Å²) < 4.78 is 23.7. The van der Waals surface area contributed by atoms with Gasteiger partial charge in [0.25, 0.3) is 0 Å². The molecule has 5 heteroatoms. The summed E-state index contributed by atoms with van der Waals surface area (Å²) in [5.41, 5.74) is 1.20. The fourth-order valence-corrected chi connectivity index (χ4v) is 3.82. The van der Waals surface area contributed by atoms with Crippen molar-refractivity contribution in [3.63, 3.8) is 0 Å². The van der Waals surface area contributed by atoms with E-state index in [0.29, 0.717) is 13.4 Å². The van der Waals surface area contributed by atoms with Crippen LogP contribution in [-0.4, -0.2) is 41.0 Å². The molecule has 1 fully saturated rings. The van der Waals surface area contributed by atoms with E-state index in [1.165, 1.54) is 5.56 Å². The lowest BCUT2D eigenvalue weighted by molar-refractivity contribution is -0.156. The minimum atomic E-state index is -1.78. The molecule has 1 aromatic carbocycles. The average Bonchev–Trinajstić information content (AvgIpc) is 2.58. The van der Waals surface area contributed by atoms with Gasteiger partial charge in [0.2, 0.25) is 0 Å². The Morgan fingerprint density at radius 2 is 1.80 bits per heavy atom. The van der Waals surface area contributed by atoms with E-state index >= 15 is 0 Å². The van der Waals surface area contributed by atoms with Crippen LogP contribution in [0.3, 0.4) is 0 Å². The smallest absolute Gasteiger partial charge is 0.192 e. The first-order valence-electron chi connectivity index (χ1n) is 9.18. The van der Waals surface area contributed by atoms with Crippen LogP contribution in [0.5, 0.6) is 0 Å². The van der Waals surface area contributed by atoms with Crippen molar-refractivity contribution in [2.24, 2.45) is 0 Å². The van der Waals surface area contributed by atoms with Crippen molar-refractivity contribution in [1.82, 2.24) is 0 Å². The molecule has 0 amide bonds. The van der Waals surface area contributed by atoms with Gasteiger partial charge in [0.1, 0.15) is 6.79 Å². The quantitative estimate of drug-likeness (QED) is 0.507. The molecule has 1 aliphatic rings. The van der Waals surface area contributed by atoms with E-state index < -0.39 is 8.32 Å². The molecule has 0 aliphatic carbocycles. The van der Waals surface area contributed by atoms with Crippen LogP contribution < -0.4 is 0 Å². The zero-order valence-electron chi connectivity index (χ0n) is 16.6. The fraction of sp³-hybridized carbons (Fsp3) is 0.700. The minimum absolute atomic E-state index is 0.0461. The molecule has 0 aromatic heterocycles. The maximum Gasteiger partial charge on any atom is 0.192 e. The molecule has 0 unspecified atom stereocenters. The van der Waals surface area contributed by atoms with E-state index in [9.17, 15) is 0 Å². The van der Waals surface area contributed by atoms with Crippen LogP contribution in [0.15, 0.2) is 30.3 Å². The number of hydrogen-bond acceptors (Lipinski definition) is 4. The standard InChI is InChI=1S/C20H34O4Si/c1-20(2,3)25(5,6)23-14-18-12-17(22-15-21-4)13-19(24-18)16-10-8-7-9-11-16/h7-11,17-19H,12-15H2,1-6H3/t17-,18+,19-/m1/s1. The molecule has 1 saturated heterocycles. The van der Waals surface area contributed by atoms with Crippen LogP contribution >= 0.6 is 0 Å². The van der Waals surface area contributed by atoms with Crippen molar-refractivity contribution in [2.45, 2.75) is 70.1 Å². The van der Waals surface area contributed by atoms with Gasteiger partial charge in [-0.3, -0.25) is 0 Å². The molecular formula is C20H34O4Si. The minimum Gasteiger partial charge on any atom is -0.414 e. The number of rotatable bonds is 7. The molecule has 0 N–H and O–H groups in total. The Hall–Kier alpha value is -0.723. The summed E-state index contributed by atoms with van der Waals surface area (Å²) in [7, 11) is -0.124. The zero-order chi connectivity index (χ0) is 18.5. The average molecular weight is 367 g/mol. The first-order valence-corrected chi connectivity index (χ1v) is 12.1. The summed E-state index contributed by atoms with van der Waals surface area (Å²) in [5.74, 6) is 0. The molecule has 1 aromatic rings. The van der Waals surface area contributed by atoms with Gasteiger partial charge in [-0.15, -0.1) is 0 Å². The third kappa shape index (κ3) is 5.90. The first kappa shape index (κ1) is 20.6. The Morgan fingerprint density at radius 3 is 2.40 bits per heavy atom. The van der Waals surface area contributed by atoms with Gasteiger partial charge < -0.3 is 18.6 Å². The van der Waals surface area contributed by atoms with Gasteiger partial charge in [0.15, 0.2) is 8.32 Å². The summed E-state index contributed by atoms with van der Waals surface area (Å²) in [5, 5.41) is 0.201. The third-order valence-corrected chi connectivity index (χ3v) is 9.89. The van der Waals surface area contributed by atoms with Crippen molar-refractivity contribution < 1.29 is 18.6 Å². The Bertz CT molecular complexity index is 512. The molecule has 1 aliphatic heterocycles. The Morgan fingerprint density at radius 1 is 1.12 bits per heavy atom. The lowest BCUT2D eigenvalue weighted by Gasteiger charge is -2.40. The van der Waals surface area contributed by atoms with Gasteiger partial charge in [-0.2, -0.15) is 0 Å². The van der Waals surface area contributed by atoms with Crippen LogP contribution in [0.25, 0.3) is 0 Å². The molecule has 0 bridgehead atoms. The molecular weight excluding hydrogens is 332 g/mol. The van der Waals surface area contributed by atoms with E-state index in [0.717, 1.165) is 12.8 Å². The Labute approximate surface area is 153 Å². The topological polar surface area (TPSA) is 36.9 Å². The largest absolute Gasteiger partial charge is 0.414 e. The maximum absolute atomic E-state index is 6.40. The molecule has 142 valence electrons. The summed E-state index contributed by atoms with van der Waals surface area (Å²) in [6, 6.07) is 10.4. The third-order valence-electron chi connectivity index (χ3n) is 5.39. The summed E-state index contributed by atoms with van der Waals surface area (Å²) in [6.07, 6.45) is 1.93. The monoisotopic (exact) mass is 366 g/mol. The zero-order valence-corrected chi connectivity index (χ0v) is 17.6. The predicted molar refractivity (Wildman–Crippen MR) is 103 cm³/mol. The van der Waals surface area contributed by atoms with E-state index in [1.54, 1.807) is 7.11 Å². The predicted octanol–water partition coefficient (Wildman–Crippen LogP) is 4.92. The highest BCUT2D eigenvalue weighted by Crippen LogP contribution is 2.38. The van der Waals surface area contributed by atoms with Crippen molar-refractivity contribution in [2.75, 3.05) is 20.5 Å². The van der Waals surface area contributed by atoms with Crippen molar-refractivity contribution in [3.05, 3.63) is 35.9 Å². The highest BCUT2D eigenvalue weighted by Gasteiger charge is 2.39. The van der Waals surface area contributed by atoms with Gasteiger partial charge in [-0.05, 0) is 23.7 Å². The molecule has 0 radical (unpaired) electrons. The molecule has 4 nitrogen and oxygen atoms in total. The number of hydrogen-bond donors (Lipinski definition) is 0. The van der Waals surface area contributed by atoms with E-state index in [1.807, 2.05) is 6.07 Å². The van der Waals surface area contributed by atoms with Crippen LogP contribution in [0.1, 0.15) is 45.3 Å². The van der Waals surface area contributed by atoms with Gasteiger partial charge in [-0.1, -0.05) is 51.1 Å². The van der Waals surface area contributed by atoms with Crippen molar-refractivity contribution in [3.8, 4) is 0 Å². The van der Waals surface area contributed by atoms with E-state index in [-0.39, 0.29) is 23.4 Å². The molecule has 0 spiro atoms. The van der Waals surface area contributed by atoms with Crippen LogP contribution in [-0.2, 0) is 18.6 Å². The molecule has 3 atom stereocenters. The number of methoxy groups -OCH3 is 1. The van der Waals surface area contributed by atoms with Gasteiger partial charge in [0.05, 0.1) is 24.9 Å². The lowest BCUT2D eigenvalue weighted by atomic mass is 9.96. The Balaban J connectivity index is 2.03. The van der Waals surface area contributed by atoms with Crippen LogP contribution in [0, 0.1) is 0 Å². The van der Waals surface area contributed by atoms with E-state index in [4.69, 9.17) is 18.6 Å². The number of benzene rings is 1. The fourth-order valence-electron chi connectivity index (χ4n) is 2.78. The molecule has 1 heterocycles. The second kappa shape index (κ2) is 8.78. The normalized spacial score (nSPS) is 25.1. The van der Waals surface area contributed by atoms with Crippen LogP contribution in [0.2, 0.25) is 18.1 Å². The summed E-state index contributed by atoms with van der Waals surface area (Å²) in [6.45, 7) is 12.3. The Kier molecular flexibility index (Phi) is 7.23. The highest BCUT2D eigenvalue weighted by molar-refractivity contribution is 6.74. The van der Waals surface area contributed by atoms with Crippen molar-refractivity contribution >= 4 is 8.32 Å². The van der Waals surface area contributed by atoms with E-state index in [2.05, 4.69) is 58.1 Å². The second-order valence-corrected chi connectivity index (χ2v) is 13.2. The van der Waals surface area contributed by atoms with Gasteiger partial charge in [0, 0.05) is 20.0 Å². The first-order chi connectivity index (χ1) is 11.7. The molecule has 25 heavy (non-hydrogen) atoms. The van der Waals surface area contributed by atoms with Gasteiger partial charge >= 0.3 is 0 Å². The lowest BCUT2D eigenvalue weighted by Crippen LogP contribution is -2.44.